The number of aliphatic carboxylic acids is 3. The fraction of sp³-hybridized carbons (Fsp3) is 0.364. The van der Waals surface area contributed by atoms with Gasteiger partial charge in [-0.25, -0.2) is 9.59 Å². The molecule has 0 aromatic rings. The highest BCUT2D eigenvalue weighted by Gasteiger charge is 2.31. The van der Waals surface area contributed by atoms with Crippen molar-refractivity contribution in [2.75, 3.05) is 13.2 Å². The highest BCUT2D eigenvalue weighted by Crippen LogP contribution is 2.12. The Bertz CT molecular complexity index is 299. The van der Waals surface area contributed by atoms with Crippen molar-refractivity contribution in [2.45, 2.75) is 6.92 Å². The number of hydrogen-bond donors (Lipinski definition) is 5. The van der Waals surface area contributed by atoms with E-state index in [0.29, 0.717) is 0 Å². The van der Waals surface area contributed by atoms with Crippen molar-refractivity contribution in [1.29, 1.82) is 0 Å². The van der Waals surface area contributed by atoms with Crippen LogP contribution in [-0.4, -0.2) is 56.7 Å². The molecule has 0 spiro atoms. The van der Waals surface area contributed by atoms with Crippen LogP contribution in [0, 0.1) is 5.41 Å². The van der Waals surface area contributed by atoms with E-state index < -0.39 is 36.5 Å². The van der Waals surface area contributed by atoms with Crippen LogP contribution in [-0.2, 0) is 14.4 Å². The summed E-state index contributed by atoms with van der Waals surface area (Å²) in [6.07, 6.45) is 1.67. The van der Waals surface area contributed by atoms with Gasteiger partial charge in [-0.1, -0.05) is 13.2 Å². The Morgan fingerprint density at radius 1 is 0.947 bits per heavy atom. The van der Waals surface area contributed by atoms with Crippen molar-refractivity contribution in [3.8, 4) is 0 Å². The van der Waals surface area contributed by atoms with E-state index in [-0.39, 0.29) is 0 Å². The topological polar surface area (TPSA) is 152 Å². The van der Waals surface area contributed by atoms with E-state index in [0.717, 1.165) is 12.2 Å². The van der Waals surface area contributed by atoms with Crippen molar-refractivity contribution in [2.24, 2.45) is 5.41 Å². The summed E-state index contributed by atoms with van der Waals surface area (Å²) in [5, 5.41) is 40.4. The Hall–Kier alpha value is -2.19. The van der Waals surface area contributed by atoms with Gasteiger partial charge in [0.2, 0.25) is 0 Å². The smallest absolute Gasteiger partial charge is 0.327 e. The number of carbonyl (C=O) groups is 3. The van der Waals surface area contributed by atoms with Crippen LogP contribution in [0.2, 0.25) is 0 Å². The molecule has 0 aliphatic carbocycles. The maximum atomic E-state index is 10.2. The molecule has 0 unspecified atom stereocenters. The standard InChI is InChI=1S/C5H10O4.2C3H4O2/c1-5(2-6,3-7)4(8)9;2*1-2-3(4)5/h6-7H,2-3H2,1H3,(H,8,9);2*2H,1H2,(H,4,5). The van der Waals surface area contributed by atoms with Crippen LogP contribution in [0.4, 0.5) is 0 Å². The average molecular weight is 278 g/mol. The molecule has 0 radical (unpaired) electrons. The van der Waals surface area contributed by atoms with Crippen LogP contribution in [0.25, 0.3) is 0 Å². The Morgan fingerprint density at radius 2 is 1.16 bits per heavy atom. The summed E-state index contributed by atoms with van der Waals surface area (Å²) in [4.78, 5) is 28.7. The second-order valence-electron chi connectivity index (χ2n) is 3.27. The molecule has 0 rings (SSSR count). The summed E-state index contributed by atoms with van der Waals surface area (Å²) in [5.41, 5.74) is -1.39. The van der Waals surface area contributed by atoms with Crippen LogP contribution in [0.1, 0.15) is 6.92 Å². The predicted octanol–water partition coefficient (Wildman–Crippen LogP) is -0.424. The minimum atomic E-state index is -1.39. The Balaban J connectivity index is -0.000000219. The summed E-state index contributed by atoms with van der Waals surface area (Å²) in [6.45, 7) is 6.11. The first-order valence-electron chi connectivity index (χ1n) is 4.77. The van der Waals surface area contributed by atoms with Gasteiger partial charge >= 0.3 is 17.9 Å². The molecule has 0 aliphatic heterocycles. The van der Waals surface area contributed by atoms with Crippen molar-refractivity contribution < 1.29 is 39.9 Å². The van der Waals surface area contributed by atoms with Gasteiger partial charge in [-0.15, -0.1) is 0 Å². The van der Waals surface area contributed by atoms with Gasteiger partial charge in [-0.2, -0.15) is 0 Å². The van der Waals surface area contributed by atoms with Crippen LogP contribution in [0.5, 0.6) is 0 Å². The van der Waals surface area contributed by atoms with Crippen molar-refractivity contribution in [3.05, 3.63) is 25.3 Å². The minimum Gasteiger partial charge on any atom is -0.481 e. The van der Waals surface area contributed by atoms with E-state index in [1.807, 2.05) is 0 Å². The number of hydrogen-bond acceptors (Lipinski definition) is 5. The van der Waals surface area contributed by atoms with E-state index in [4.69, 9.17) is 25.5 Å². The molecule has 19 heavy (non-hydrogen) atoms. The number of aliphatic hydroxyl groups excluding tert-OH is 2. The number of carboxylic acid groups (broad SMARTS) is 3. The summed E-state index contributed by atoms with van der Waals surface area (Å²) in [7, 11) is 0. The highest BCUT2D eigenvalue weighted by atomic mass is 16.4. The molecule has 0 aliphatic rings. The fourth-order valence-electron chi connectivity index (χ4n) is 0.185. The number of aliphatic hydroxyl groups is 2. The molecule has 0 amide bonds. The average Bonchev–Trinajstić information content (AvgIpc) is 2.38. The number of rotatable bonds is 5. The molecule has 0 saturated heterocycles. The lowest BCUT2D eigenvalue weighted by atomic mass is 9.94. The Morgan fingerprint density at radius 3 is 1.16 bits per heavy atom. The van der Waals surface area contributed by atoms with Crippen LogP contribution in [0.3, 0.4) is 0 Å². The van der Waals surface area contributed by atoms with Crippen molar-refractivity contribution in [1.82, 2.24) is 0 Å². The van der Waals surface area contributed by atoms with Crippen LogP contribution < -0.4 is 0 Å². The highest BCUT2D eigenvalue weighted by molar-refractivity contribution is 5.79. The second-order valence-corrected chi connectivity index (χ2v) is 3.27. The van der Waals surface area contributed by atoms with Crippen molar-refractivity contribution >= 4 is 17.9 Å². The van der Waals surface area contributed by atoms with Gasteiger partial charge in [0.1, 0.15) is 5.41 Å². The van der Waals surface area contributed by atoms with Gasteiger partial charge in [0.15, 0.2) is 0 Å². The fourth-order valence-corrected chi connectivity index (χ4v) is 0.185. The Labute approximate surface area is 109 Å². The van der Waals surface area contributed by atoms with E-state index in [1.54, 1.807) is 0 Å². The molecule has 0 bridgehead atoms. The maximum Gasteiger partial charge on any atom is 0.327 e. The van der Waals surface area contributed by atoms with Gasteiger partial charge in [-0.05, 0) is 6.92 Å². The first-order chi connectivity index (χ1) is 8.60. The zero-order chi connectivity index (χ0) is 16.1. The molecule has 0 fully saturated rings. The van der Waals surface area contributed by atoms with Gasteiger partial charge in [0, 0.05) is 12.2 Å². The molecule has 0 aromatic carbocycles. The normalized spacial score (nSPS) is 8.79. The summed E-state index contributed by atoms with van der Waals surface area (Å²) < 4.78 is 0. The maximum absolute atomic E-state index is 10.2. The SMILES string of the molecule is C=CC(=O)O.C=CC(=O)O.CC(CO)(CO)C(=O)O. The zero-order valence-electron chi connectivity index (χ0n) is 10.4. The lowest BCUT2D eigenvalue weighted by molar-refractivity contribution is -0.153. The lowest BCUT2D eigenvalue weighted by Gasteiger charge is -2.17. The quantitative estimate of drug-likeness (QED) is 0.425. The molecule has 8 heteroatoms. The zero-order valence-corrected chi connectivity index (χ0v) is 10.4. The monoisotopic (exact) mass is 278 g/mol. The molecular formula is C11H18O8. The van der Waals surface area contributed by atoms with E-state index in [9.17, 15) is 14.4 Å². The van der Waals surface area contributed by atoms with E-state index in [1.165, 1.54) is 6.92 Å². The molecular weight excluding hydrogens is 260 g/mol. The van der Waals surface area contributed by atoms with Gasteiger partial charge in [-0.3, -0.25) is 4.79 Å². The summed E-state index contributed by atoms with van der Waals surface area (Å²) in [6, 6.07) is 0. The first kappa shape index (κ1) is 22.0. The van der Waals surface area contributed by atoms with Gasteiger partial charge < -0.3 is 25.5 Å². The van der Waals surface area contributed by atoms with E-state index >= 15 is 0 Å². The third kappa shape index (κ3) is 15.8. The Kier molecular flexibility index (Phi) is 14.2. The number of carboxylic acids is 3. The largest absolute Gasteiger partial charge is 0.481 e. The molecule has 5 N–H and O–H groups in total. The third-order valence-electron chi connectivity index (χ3n) is 1.56. The van der Waals surface area contributed by atoms with Crippen LogP contribution >= 0.6 is 0 Å². The molecule has 0 heterocycles. The molecule has 0 saturated carbocycles. The second kappa shape index (κ2) is 12.3. The molecule has 110 valence electrons. The van der Waals surface area contributed by atoms with Crippen LogP contribution in [0.15, 0.2) is 25.3 Å². The minimum absolute atomic E-state index is 0.543. The molecule has 0 atom stereocenters. The van der Waals surface area contributed by atoms with E-state index in [2.05, 4.69) is 13.2 Å². The van der Waals surface area contributed by atoms with Gasteiger partial charge in [0.25, 0.3) is 0 Å². The molecule has 0 aromatic heterocycles. The predicted molar refractivity (Wildman–Crippen MR) is 65.6 cm³/mol. The third-order valence-corrected chi connectivity index (χ3v) is 1.56. The summed E-state index contributed by atoms with van der Waals surface area (Å²) >= 11 is 0. The first-order valence-corrected chi connectivity index (χ1v) is 4.77. The van der Waals surface area contributed by atoms with Gasteiger partial charge in [0.05, 0.1) is 13.2 Å². The lowest BCUT2D eigenvalue weighted by Crippen LogP contribution is -2.35. The van der Waals surface area contributed by atoms with Crippen molar-refractivity contribution in [3.63, 3.8) is 0 Å². The summed E-state index contributed by atoms with van der Waals surface area (Å²) in [5.74, 6) is -3.15. The molecule has 8 nitrogen and oxygen atoms in total.